The van der Waals surface area contributed by atoms with Crippen molar-refractivity contribution >= 4 is 23.2 Å². The number of anilines is 1. The van der Waals surface area contributed by atoms with Gasteiger partial charge in [0.05, 0.1) is 11.5 Å². The SMILES string of the molecule is CNc1ccc(CN2C(=O)CC(C)C2=O)cc1[N+](=O)[O-]. The zero-order valence-corrected chi connectivity index (χ0v) is 11.3. The highest BCUT2D eigenvalue weighted by Crippen LogP contribution is 2.27. The smallest absolute Gasteiger partial charge is 0.292 e. The summed E-state index contributed by atoms with van der Waals surface area (Å²) in [7, 11) is 1.59. The maximum Gasteiger partial charge on any atom is 0.292 e. The molecule has 7 heteroatoms. The largest absolute Gasteiger partial charge is 0.383 e. The first-order chi connectivity index (χ1) is 9.43. The lowest BCUT2D eigenvalue weighted by atomic mass is 10.1. The molecule has 1 fully saturated rings. The summed E-state index contributed by atoms with van der Waals surface area (Å²) in [6.07, 6.45) is 0.204. The predicted molar refractivity (Wildman–Crippen MR) is 72.0 cm³/mol. The van der Waals surface area contributed by atoms with Crippen LogP contribution in [0.5, 0.6) is 0 Å². The quantitative estimate of drug-likeness (QED) is 0.512. The summed E-state index contributed by atoms with van der Waals surface area (Å²) < 4.78 is 0. The van der Waals surface area contributed by atoms with E-state index >= 15 is 0 Å². The van der Waals surface area contributed by atoms with E-state index in [0.29, 0.717) is 11.3 Å². The Labute approximate surface area is 115 Å². The number of amides is 2. The first kappa shape index (κ1) is 14.0. The maximum atomic E-state index is 11.8. The molecule has 0 bridgehead atoms. The van der Waals surface area contributed by atoms with E-state index in [-0.39, 0.29) is 36.4 Å². The molecule has 7 nitrogen and oxygen atoms in total. The number of benzene rings is 1. The van der Waals surface area contributed by atoms with Gasteiger partial charge in [0.25, 0.3) is 5.69 Å². The highest BCUT2D eigenvalue weighted by Gasteiger charge is 2.35. The zero-order valence-electron chi connectivity index (χ0n) is 11.3. The van der Waals surface area contributed by atoms with Crippen molar-refractivity contribution in [2.75, 3.05) is 12.4 Å². The third-order valence-electron chi connectivity index (χ3n) is 3.34. The molecule has 1 N–H and O–H groups in total. The van der Waals surface area contributed by atoms with Crippen molar-refractivity contribution in [3.63, 3.8) is 0 Å². The summed E-state index contributed by atoms with van der Waals surface area (Å²) in [4.78, 5) is 35.2. The lowest BCUT2D eigenvalue weighted by Crippen LogP contribution is -2.29. The van der Waals surface area contributed by atoms with Crippen LogP contribution in [0.4, 0.5) is 11.4 Å². The number of imide groups is 1. The zero-order chi connectivity index (χ0) is 14.9. The summed E-state index contributed by atoms with van der Waals surface area (Å²) in [5.41, 5.74) is 0.884. The molecule has 2 amide bonds. The van der Waals surface area contributed by atoms with Crippen LogP contribution in [0.2, 0.25) is 0 Å². The van der Waals surface area contributed by atoms with Crippen molar-refractivity contribution in [3.8, 4) is 0 Å². The van der Waals surface area contributed by atoms with E-state index in [4.69, 9.17) is 0 Å². The van der Waals surface area contributed by atoms with Gasteiger partial charge in [-0.15, -0.1) is 0 Å². The Morgan fingerprint density at radius 2 is 2.15 bits per heavy atom. The molecule has 0 spiro atoms. The lowest BCUT2D eigenvalue weighted by Gasteiger charge is -2.14. The van der Waals surface area contributed by atoms with Crippen LogP contribution in [0.1, 0.15) is 18.9 Å². The van der Waals surface area contributed by atoms with Crippen LogP contribution in [-0.4, -0.2) is 28.7 Å². The topological polar surface area (TPSA) is 92.6 Å². The number of hydrogen-bond acceptors (Lipinski definition) is 5. The maximum absolute atomic E-state index is 11.8. The molecule has 106 valence electrons. The van der Waals surface area contributed by atoms with Crippen molar-refractivity contribution in [2.45, 2.75) is 19.9 Å². The number of nitrogens with zero attached hydrogens (tertiary/aromatic N) is 2. The normalized spacial score (nSPS) is 18.5. The third kappa shape index (κ3) is 2.47. The second-order valence-electron chi connectivity index (χ2n) is 4.78. The van der Waals surface area contributed by atoms with E-state index in [1.54, 1.807) is 26.1 Å². The molecule has 1 unspecified atom stereocenters. The molecule has 1 aliphatic rings. The van der Waals surface area contributed by atoms with E-state index in [1.807, 2.05) is 0 Å². The molecule has 1 aromatic rings. The molecule has 0 aromatic heterocycles. The first-order valence-corrected chi connectivity index (χ1v) is 6.23. The van der Waals surface area contributed by atoms with Crippen LogP contribution in [0.25, 0.3) is 0 Å². The number of rotatable bonds is 4. The van der Waals surface area contributed by atoms with Gasteiger partial charge in [-0.2, -0.15) is 0 Å². The van der Waals surface area contributed by atoms with Crippen LogP contribution >= 0.6 is 0 Å². The minimum absolute atomic E-state index is 0.0721. The Balaban J connectivity index is 2.26. The molecule has 0 radical (unpaired) electrons. The Morgan fingerprint density at radius 3 is 2.65 bits per heavy atom. The average molecular weight is 277 g/mol. The number of carbonyl (C=O) groups excluding carboxylic acids is 2. The number of nitro groups is 1. The molecular formula is C13H15N3O4. The van der Waals surface area contributed by atoms with Crippen molar-refractivity contribution < 1.29 is 14.5 Å². The molecule has 0 aliphatic carbocycles. The fraction of sp³-hybridized carbons (Fsp3) is 0.385. The van der Waals surface area contributed by atoms with Gasteiger partial charge in [0.2, 0.25) is 11.8 Å². The average Bonchev–Trinajstić information content (AvgIpc) is 2.65. The summed E-state index contributed by atoms with van der Waals surface area (Å²) in [6, 6.07) is 4.62. The van der Waals surface area contributed by atoms with E-state index in [0.717, 1.165) is 4.90 Å². The summed E-state index contributed by atoms with van der Waals surface area (Å²) in [6.45, 7) is 1.78. The Hall–Kier alpha value is -2.44. The van der Waals surface area contributed by atoms with Gasteiger partial charge in [0.1, 0.15) is 5.69 Å². The van der Waals surface area contributed by atoms with Gasteiger partial charge in [0.15, 0.2) is 0 Å². The van der Waals surface area contributed by atoms with Gasteiger partial charge in [-0.05, 0) is 11.6 Å². The molecule has 20 heavy (non-hydrogen) atoms. The Morgan fingerprint density at radius 1 is 1.45 bits per heavy atom. The van der Waals surface area contributed by atoms with Crippen LogP contribution < -0.4 is 5.32 Å². The fourth-order valence-corrected chi connectivity index (χ4v) is 2.24. The first-order valence-electron chi connectivity index (χ1n) is 6.23. The highest BCUT2D eigenvalue weighted by atomic mass is 16.6. The number of nitrogens with one attached hydrogen (secondary N) is 1. The second-order valence-corrected chi connectivity index (χ2v) is 4.78. The molecule has 1 aromatic carbocycles. The summed E-state index contributed by atoms with van der Waals surface area (Å²) >= 11 is 0. The van der Waals surface area contributed by atoms with Gasteiger partial charge in [-0.25, -0.2) is 0 Å². The van der Waals surface area contributed by atoms with E-state index in [2.05, 4.69) is 5.32 Å². The van der Waals surface area contributed by atoms with Crippen LogP contribution in [0.15, 0.2) is 18.2 Å². The molecule has 1 saturated heterocycles. The minimum Gasteiger partial charge on any atom is -0.383 e. The number of likely N-dealkylation sites (tertiary alicyclic amines) is 1. The highest BCUT2D eigenvalue weighted by molar-refractivity contribution is 6.03. The van der Waals surface area contributed by atoms with Gasteiger partial charge in [-0.1, -0.05) is 13.0 Å². The monoisotopic (exact) mass is 277 g/mol. The van der Waals surface area contributed by atoms with E-state index in [9.17, 15) is 19.7 Å². The molecule has 1 aliphatic heterocycles. The minimum atomic E-state index is -0.494. The predicted octanol–water partition coefficient (Wildman–Crippen LogP) is 1.53. The van der Waals surface area contributed by atoms with E-state index in [1.165, 1.54) is 6.07 Å². The number of hydrogen-bond donors (Lipinski definition) is 1. The van der Waals surface area contributed by atoms with E-state index < -0.39 is 4.92 Å². The standard InChI is InChI=1S/C13H15N3O4/c1-8-5-12(17)15(13(8)18)7-9-3-4-10(14-2)11(6-9)16(19)20/h3-4,6,8,14H,5,7H2,1-2H3. The molecule has 1 atom stereocenters. The molecule has 2 rings (SSSR count). The fourth-order valence-electron chi connectivity index (χ4n) is 2.24. The van der Waals surface area contributed by atoms with Crippen LogP contribution in [0, 0.1) is 16.0 Å². The van der Waals surface area contributed by atoms with Crippen LogP contribution in [0.3, 0.4) is 0 Å². The lowest BCUT2D eigenvalue weighted by molar-refractivity contribution is -0.384. The van der Waals surface area contributed by atoms with Crippen molar-refractivity contribution in [2.24, 2.45) is 5.92 Å². The number of carbonyl (C=O) groups is 2. The van der Waals surface area contributed by atoms with Crippen molar-refractivity contribution in [3.05, 3.63) is 33.9 Å². The summed E-state index contributed by atoms with van der Waals surface area (Å²) in [5, 5.41) is 13.7. The Bertz CT molecular complexity index is 585. The van der Waals surface area contributed by atoms with Crippen LogP contribution in [-0.2, 0) is 16.1 Å². The number of nitro benzene ring substituents is 1. The van der Waals surface area contributed by atoms with Crippen molar-refractivity contribution in [1.29, 1.82) is 0 Å². The Kier molecular flexibility index (Phi) is 3.69. The molecular weight excluding hydrogens is 262 g/mol. The molecule has 0 saturated carbocycles. The summed E-state index contributed by atoms with van der Waals surface area (Å²) in [5.74, 6) is -0.771. The van der Waals surface area contributed by atoms with Gasteiger partial charge in [-0.3, -0.25) is 24.6 Å². The molecule has 1 heterocycles. The van der Waals surface area contributed by atoms with Gasteiger partial charge in [0, 0.05) is 25.5 Å². The van der Waals surface area contributed by atoms with Gasteiger partial charge < -0.3 is 5.32 Å². The second kappa shape index (κ2) is 5.28. The van der Waals surface area contributed by atoms with Crippen molar-refractivity contribution in [1.82, 2.24) is 4.90 Å². The van der Waals surface area contributed by atoms with Gasteiger partial charge >= 0.3 is 0 Å². The third-order valence-corrected chi connectivity index (χ3v) is 3.34.